The molecule has 0 radical (unpaired) electrons. The molecule has 0 bridgehead atoms. The van der Waals surface area contributed by atoms with Gasteiger partial charge in [0.05, 0.1) is 11.3 Å². The zero-order valence-electron chi connectivity index (χ0n) is 12.0. The van der Waals surface area contributed by atoms with E-state index < -0.39 is 23.6 Å². The molecule has 0 saturated heterocycles. The summed E-state index contributed by atoms with van der Waals surface area (Å²) in [6.45, 7) is 0.717. The predicted octanol–water partition coefficient (Wildman–Crippen LogP) is 2.10. The van der Waals surface area contributed by atoms with Crippen molar-refractivity contribution in [1.29, 1.82) is 0 Å². The highest BCUT2D eigenvalue weighted by molar-refractivity contribution is 5.94. The Balaban J connectivity index is 2.24. The molecule has 22 heavy (non-hydrogen) atoms. The Labute approximate surface area is 126 Å². The second-order valence-corrected chi connectivity index (χ2v) is 4.76. The van der Waals surface area contributed by atoms with E-state index in [9.17, 15) is 18.4 Å². The van der Waals surface area contributed by atoms with E-state index in [-0.39, 0.29) is 11.3 Å². The average Bonchev–Trinajstić information content (AvgIpc) is 2.45. The molecule has 8 heteroatoms. The highest BCUT2D eigenvalue weighted by atomic mass is 19.1. The number of halogens is 2. The first kappa shape index (κ1) is 17.7. The minimum Gasteiger partial charge on any atom is -0.465 e. The quantitative estimate of drug-likeness (QED) is 0.435. The summed E-state index contributed by atoms with van der Waals surface area (Å²) >= 11 is 0. The number of nitrogens with one attached hydrogen (secondary N) is 2. The molecule has 1 aromatic rings. The zero-order chi connectivity index (χ0) is 16.5. The number of carbonyl (C=O) groups is 2. The Morgan fingerprint density at radius 1 is 1.00 bits per heavy atom. The lowest BCUT2D eigenvalue weighted by atomic mass is 10.1. The monoisotopic (exact) mass is 315 g/mol. The van der Waals surface area contributed by atoms with Gasteiger partial charge in [0.1, 0.15) is 11.6 Å². The maximum Gasteiger partial charge on any atom is 0.404 e. The first-order valence-corrected chi connectivity index (χ1v) is 6.91. The summed E-state index contributed by atoms with van der Waals surface area (Å²) in [5.41, 5.74) is 4.48. The molecular formula is C14H19F2N3O3. The number of hydrogen-bond donors (Lipinski definition) is 4. The number of rotatable bonds is 8. The third-order valence-corrected chi connectivity index (χ3v) is 3.00. The van der Waals surface area contributed by atoms with Crippen LogP contribution in [0.4, 0.5) is 19.3 Å². The third kappa shape index (κ3) is 5.94. The van der Waals surface area contributed by atoms with Gasteiger partial charge in [0, 0.05) is 19.2 Å². The molecule has 0 heterocycles. The molecule has 6 nitrogen and oxygen atoms in total. The summed E-state index contributed by atoms with van der Waals surface area (Å²) in [7, 11) is 0. The van der Waals surface area contributed by atoms with Crippen LogP contribution >= 0.6 is 0 Å². The predicted molar refractivity (Wildman–Crippen MR) is 77.6 cm³/mol. The van der Waals surface area contributed by atoms with Crippen molar-refractivity contribution in [2.75, 3.05) is 18.8 Å². The molecule has 122 valence electrons. The van der Waals surface area contributed by atoms with Crippen molar-refractivity contribution in [2.45, 2.75) is 25.7 Å². The van der Waals surface area contributed by atoms with Gasteiger partial charge >= 0.3 is 6.09 Å². The second kappa shape index (κ2) is 8.81. The molecule has 0 saturated carbocycles. The summed E-state index contributed by atoms with van der Waals surface area (Å²) in [5, 5.41) is 13.1. The van der Waals surface area contributed by atoms with Crippen molar-refractivity contribution in [3.63, 3.8) is 0 Å². The summed E-state index contributed by atoms with van der Waals surface area (Å²) in [5.74, 6) is -2.39. The fraction of sp³-hybridized carbons (Fsp3) is 0.429. The van der Waals surface area contributed by atoms with Crippen LogP contribution < -0.4 is 16.4 Å². The number of nitrogens with two attached hydrogens (primary N) is 1. The normalized spacial score (nSPS) is 10.3. The van der Waals surface area contributed by atoms with Crippen LogP contribution in [0.1, 0.15) is 36.0 Å². The molecule has 0 aromatic heterocycles. The number of carboxylic acid groups (broad SMARTS) is 1. The topological polar surface area (TPSA) is 104 Å². The third-order valence-electron chi connectivity index (χ3n) is 3.00. The number of benzene rings is 1. The Bertz CT molecular complexity index is 538. The maximum atomic E-state index is 13.5. The number of unbranched alkanes of at least 4 members (excludes halogenated alkanes) is 3. The van der Waals surface area contributed by atoms with Crippen LogP contribution in [0.5, 0.6) is 0 Å². The highest BCUT2D eigenvalue weighted by Crippen LogP contribution is 2.16. The van der Waals surface area contributed by atoms with E-state index >= 15 is 0 Å². The van der Waals surface area contributed by atoms with Crippen LogP contribution in [-0.4, -0.2) is 30.2 Å². The molecule has 2 amide bonds. The van der Waals surface area contributed by atoms with Gasteiger partial charge < -0.3 is 21.5 Å². The van der Waals surface area contributed by atoms with Gasteiger partial charge in [0.15, 0.2) is 0 Å². The summed E-state index contributed by atoms with van der Waals surface area (Å²) in [4.78, 5) is 21.9. The molecule has 1 rings (SSSR count). The van der Waals surface area contributed by atoms with Gasteiger partial charge in [-0.3, -0.25) is 4.79 Å². The molecule has 0 spiro atoms. The van der Waals surface area contributed by atoms with Gasteiger partial charge in [-0.25, -0.2) is 13.6 Å². The second-order valence-electron chi connectivity index (χ2n) is 4.76. The fourth-order valence-electron chi connectivity index (χ4n) is 1.83. The maximum absolute atomic E-state index is 13.5. The minimum atomic E-state index is -1.05. The van der Waals surface area contributed by atoms with Crippen LogP contribution in [0, 0.1) is 11.6 Å². The van der Waals surface area contributed by atoms with Crippen LogP contribution in [0.2, 0.25) is 0 Å². The van der Waals surface area contributed by atoms with E-state index in [1.165, 1.54) is 0 Å². The first-order valence-electron chi connectivity index (χ1n) is 6.91. The van der Waals surface area contributed by atoms with Gasteiger partial charge in [-0.15, -0.1) is 0 Å². The van der Waals surface area contributed by atoms with E-state index in [0.29, 0.717) is 25.9 Å². The number of anilines is 1. The van der Waals surface area contributed by atoms with Crippen LogP contribution in [0.15, 0.2) is 12.1 Å². The molecule has 5 N–H and O–H groups in total. The molecular weight excluding hydrogens is 296 g/mol. The number of carbonyl (C=O) groups excluding carboxylic acids is 1. The highest BCUT2D eigenvalue weighted by Gasteiger charge is 2.14. The fourth-order valence-corrected chi connectivity index (χ4v) is 1.83. The van der Waals surface area contributed by atoms with Crippen molar-refractivity contribution in [2.24, 2.45) is 0 Å². The van der Waals surface area contributed by atoms with Gasteiger partial charge in [0.2, 0.25) is 0 Å². The number of nitrogen functional groups attached to an aromatic ring is 1. The van der Waals surface area contributed by atoms with Crippen LogP contribution in [0.3, 0.4) is 0 Å². The Hall–Kier alpha value is -2.38. The first-order chi connectivity index (χ1) is 10.4. The molecule has 0 unspecified atom stereocenters. The van der Waals surface area contributed by atoms with E-state index in [1.54, 1.807) is 0 Å². The molecule has 0 atom stereocenters. The minimum absolute atomic E-state index is 0.330. The van der Waals surface area contributed by atoms with Crippen LogP contribution in [-0.2, 0) is 0 Å². The largest absolute Gasteiger partial charge is 0.465 e. The van der Waals surface area contributed by atoms with Gasteiger partial charge in [-0.1, -0.05) is 12.8 Å². The lowest BCUT2D eigenvalue weighted by molar-refractivity contribution is 0.0948. The van der Waals surface area contributed by atoms with Crippen molar-refractivity contribution in [3.8, 4) is 0 Å². The van der Waals surface area contributed by atoms with Crippen molar-refractivity contribution < 1.29 is 23.5 Å². The summed E-state index contributed by atoms with van der Waals surface area (Å²) in [6.07, 6.45) is 1.92. The standard InChI is InChI=1S/C14H19F2N3O3/c15-10-8-12(17)11(16)7-9(10)13(20)18-5-3-1-2-4-6-19-14(21)22/h7-8,19H,1-6,17H2,(H,18,20)(H,21,22). The molecule has 0 fully saturated rings. The SMILES string of the molecule is Nc1cc(F)c(C(=O)NCCCCCCNC(=O)O)cc1F. The molecule has 1 aromatic carbocycles. The van der Waals surface area contributed by atoms with Gasteiger partial charge in [0.25, 0.3) is 5.91 Å². The smallest absolute Gasteiger partial charge is 0.404 e. The van der Waals surface area contributed by atoms with E-state index in [0.717, 1.165) is 25.0 Å². The van der Waals surface area contributed by atoms with Gasteiger partial charge in [-0.2, -0.15) is 0 Å². The van der Waals surface area contributed by atoms with E-state index in [2.05, 4.69) is 10.6 Å². The summed E-state index contributed by atoms with van der Waals surface area (Å²) < 4.78 is 26.7. The number of amides is 2. The Morgan fingerprint density at radius 2 is 1.59 bits per heavy atom. The lowest BCUT2D eigenvalue weighted by Crippen LogP contribution is -2.25. The average molecular weight is 315 g/mol. The van der Waals surface area contributed by atoms with Crippen molar-refractivity contribution in [1.82, 2.24) is 10.6 Å². The molecule has 0 aliphatic rings. The van der Waals surface area contributed by atoms with Crippen molar-refractivity contribution in [3.05, 3.63) is 29.3 Å². The number of hydrogen-bond acceptors (Lipinski definition) is 3. The Kier molecular flexibility index (Phi) is 7.07. The van der Waals surface area contributed by atoms with E-state index in [4.69, 9.17) is 10.8 Å². The molecule has 0 aliphatic heterocycles. The molecule has 0 aliphatic carbocycles. The van der Waals surface area contributed by atoms with Crippen molar-refractivity contribution >= 4 is 17.7 Å². The van der Waals surface area contributed by atoms with E-state index in [1.807, 2.05) is 0 Å². The lowest BCUT2D eigenvalue weighted by Gasteiger charge is -2.07. The summed E-state index contributed by atoms with van der Waals surface area (Å²) in [6, 6.07) is 1.55. The Morgan fingerprint density at radius 3 is 2.18 bits per heavy atom. The van der Waals surface area contributed by atoms with Crippen LogP contribution in [0.25, 0.3) is 0 Å². The zero-order valence-corrected chi connectivity index (χ0v) is 12.0. The van der Waals surface area contributed by atoms with Gasteiger partial charge in [-0.05, 0) is 18.9 Å².